The van der Waals surface area contributed by atoms with E-state index in [1.165, 1.54) is 30.5 Å². The van der Waals surface area contributed by atoms with Gasteiger partial charge in [-0.2, -0.15) is 0 Å². The Balaban J connectivity index is 1.87. The van der Waals surface area contributed by atoms with Crippen LogP contribution in [0.15, 0.2) is 71.6 Å². The number of hydrogen-bond donors (Lipinski definition) is 1. The van der Waals surface area contributed by atoms with Gasteiger partial charge in [-0.1, -0.05) is 12.1 Å². The topological polar surface area (TPSA) is 89.0 Å². The van der Waals surface area contributed by atoms with Crippen molar-refractivity contribution in [3.05, 3.63) is 87.6 Å². The molecule has 0 bridgehead atoms. The molecule has 7 nitrogen and oxygen atoms in total. The Hall–Kier alpha value is -3.65. The maximum absolute atomic E-state index is 13.3. The van der Waals surface area contributed by atoms with Gasteiger partial charge in [-0.3, -0.25) is 14.6 Å². The fraction of sp³-hybridized carbons (Fsp3) is 0.174. The van der Waals surface area contributed by atoms with E-state index in [-0.39, 0.29) is 12.1 Å². The van der Waals surface area contributed by atoms with Crippen LogP contribution in [0.3, 0.4) is 0 Å². The van der Waals surface area contributed by atoms with Crippen molar-refractivity contribution in [1.29, 1.82) is 0 Å². The summed E-state index contributed by atoms with van der Waals surface area (Å²) in [7, 11) is 3.04. The molecule has 0 aliphatic carbocycles. The number of Topliss-reactive ketones (excluding diaryl/α,β-unsaturated/α-hetero) is 1. The number of amides is 1. The van der Waals surface area contributed by atoms with Gasteiger partial charge in [0, 0.05) is 24.5 Å². The summed E-state index contributed by atoms with van der Waals surface area (Å²) in [4.78, 5) is 32.4. The van der Waals surface area contributed by atoms with Gasteiger partial charge in [0.1, 0.15) is 11.5 Å². The average Bonchev–Trinajstić information content (AvgIpc) is 3.42. The van der Waals surface area contributed by atoms with Crippen LogP contribution >= 0.6 is 11.3 Å². The van der Waals surface area contributed by atoms with E-state index in [2.05, 4.69) is 4.98 Å². The van der Waals surface area contributed by atoms with E-state index in [0.29, 0.717) is 21.9 Å². The normalized spacial score (nSPS) is 16.0. The number of methoxy groups -OCH3 is 2. The molecule has 1 unspecified atom stereocenters. The molecule has 0 spiro atoms. The average molecular weight is 436 g/mol. The number of thiophene rings is 1. The molecule has 1 N–H and O–H groups in total. The number of nitrogens with zero attached hydrogens (tertiary/aromatic N) is 2. The van der Waals surface area contributed by atoms with Gasteiger partial charge in [-0.25, -0.2) is 0 Å². The lowest BCUT2D eigenvalue weighted by Gasteiger charge is -2.28. The monoisotopic (exact) mass is 436 g/mol. The SMILES string of the molecule is COc1ccc(OC)c(C2C(C(=O)c3cccs3)=C(O)C(=O)N2Cc2cccnc2)c1. The van der Waals surface area contributed by atoms with E-state index in [0.717, 1.165) is 5.56 Å². The summed E-state index contributed by atoms with van der Waals surface area (Å²) in [6.45, 7) is 0.156. The van der Waals surface area contributed by atoms with Crippen LogP contribution in [0.5, 0.6) is 11.5 Å². The van der Waals surface area contributed by atoms with Gasteiger partial charge in [0.05, 0.1) is 30.7 Å². The van der Waals surface area contributed by atoms with Crippen molar-refractivity contribution < 1.29 is 24.2 Å². The van der Waals surface area contributed by atoms with Crippen LogP contribution < -0.4 is 9.47 Å². The molecule has 1 aliphatic rings. The Morgan fingerprint density at radius 2 is 2.03 bits per heavy atom. The Kier molecular flexibility index (Phi) is 5.73. The number of ketones is 1. The summed E-state index contributed by atoms with van der Waals surface area (Å²) >= 11 is 1.25. The number of ether oxygens (including phenoxy) is 2. The highest BCUT2D eigenvalue weighted by Gasteiger charge is 2.45. The van der Waals surface area contributed by atoms with Crippen molar-refractivity contribution in [3.63, 3.8) is 0 Å². The summed E-state index contributed by atoms with van der Waals surface area (Å²) in [5, 5.41) is 12.6. The van der Waals surface area contributed by atoms with Crippen LogP contribution in [-0.4, -0.2) is 40.9 Å². The number of hydrogen-bond acceptors (Lipinski definition) is 7. The zero-order valence-corrected chi connectivity index (χ0v) is 17.8. The fourth-order valence-corrected chi connectivity index (χ4v) is 4.33. The quantitative estimate of drug-likeness (QED) is 0.565. The molecule has 0 saturated heterocycles. The highest BCUT2D eigenvalue weighted by Crippen LogP contribution is 2.44. The van der Waals surface area contributed by atoms with Crippen molar-refractivity contribution in [1.82, 2.24) is 9.88 Å². The number of pyridine rings is 1. The molecular weight excluding hydrogens is 416 g/mol. The van der Waals surface area contributed by atoms with Gasteiger partial charge < -0.3 is 19.5 Å². The maximum atomic E-state index is 13.3. The summed E-state index contributed by atoms with van der Waals surface area (Å²) in [5.74, 6) is -0.569. The zero-order valence-electron chi connectivity index (χ0n) is 16.9. The van der Waals surface area contributed by atoms with Crippen molar-refractivity contribution in [2.24, 2.45) is 0 Å². The number of aliphatic hydroxyl groups is 1. The Bertz CT molecular complexity index is 1140. The Morgan fingerprint density at radius 1 is 1.19 bits per heavy atom. The number of aromatic nitrogens is 1. The largest absolute Gasteiger partial charge is 0.503 e. The van der Waals surface area contributed by atoms with Gasteiger partial charge in [0.25, 0.3) is 5.91 Å². The van der Waals surface area contributed by atoms with Gasteiger partial charge in [0.2, 0.25) is 5.78 Å². The third-order valence-electron chi connectivity index (χ3n) is 5.10. The molecule has 1 amide bonds. The second-order valence-corrected chi connectivity index (χ2v) is 7.82. The molecule has 0 saturated carbocycles. The van der Waals surface area contributed by atoms with E-state index in [1.54, 1.807) is 54.2 Å². The van der Waals surface area contributed by atoms with Gasteiger partial charge in [0.15, 0.2) is 5.76 Å². The van der Waals surface area contributed by atoms with Crippen molar-refractivity contribution in [2.45, 2.75) is 12.6 Å². The zero-order chi connectivity index (χ0) is 22.0. The van der Waals surface area contributed by atoms with Gasteiger partial charge in [-0.05, 0) is 41.3 Å². The van der Waals surface area contributed by atoms with Crippen LogP contribution in [0, 0.1) is 0 Å². The summed E-state index contributed by atoms with van der Waals surface area (Å²) in [6, 6.07) is 11.3. The van der Waals surface area contributed by atoms with Crippen LogP contribution in [0.1, 0.15) is 26.8 Å². The first-order chi connectivity index (χ1) is 15.0. The molecule has 4 rings (SSSR count). The van der Waals surface area contributed by atoms with E-state index in [1.807, 2.05) is 6.07 Å². The number of carbonyl (C=O) groups is 2. The lowest BCUT2D eigenvalue weighted by Crippen LogP contribution is -2.31. The van der Waals surface area contributed by atoms with E-state index in [9.17, 15) is 14.7 Å². The molecule has 1 atom stereocenters. The molecule has 8 heteroatoms. The summed E-state index contributed by atoms with van der Waals surface area (Å²) in [5.41, 5.74) is 1.33. The number of aliphatic hydroxyl groups excluding tert-OH is 1. The van der Waals surface area contributed by atoms with Crippen LogP contribution in [0.2, 0.25) is 0 Å². The molecule has 31 heavy (non-hydrogen) atoms. The highest BCUT2D eigenvalue weighted by atomic mass is 32.1. The van der Waals surface area contributed by atoms with Gasteiger partial charge in [-0.15, -0.1) is 11.3 Å². The lowest BCUT2D eigenvalue weighted by atomic mass is 9.94. The third-order valence-corrected chi connectivity index (χ3v) is 5.97. The van der Waals surface area contributed by atoms with Crippen molar-refractivity contribution >= 4 is 23.0 Å². The minimum Gasteiger partial charge on any atom is -0.503 e. The molecule has 1 aromatic carbocycles. The van der Waals surface area contributed by atoms with Crippen LogP contribution in [0.4, 0.5) is 0 Å². The Labute approximate surface area is 183 Å². The first kappa shape index (κ1) is 20.6. The smallest absolute Gasteiger partial charge is 0.290 e. The predicted octanol–water partition coefficient (Wildman–Crippen LogP) is 3.94. The predicted molar refractivity (Wildman–Crippen MR) is 115 cm³/mol. The Morgan fingerprint density at radius 3 is 2.68 bits per heavy atom. The lowest BCUT2D eigenvalue weighted by molar-refractivity contribution is -0.130. The second kappa shape index (κ2) is 8.61. The van der Waals surface area contributed by atoms with Crippen molar-refractivity contribution in [3.8, 4) is 11.5 Å². The number of rotatable bonds is 7. The minimum absolute atomic E-state index is 0.0166. The molecule has 1 aliphatic heterocycles. The molecule has 158 valence electrons. The summed E-state index contributed by atoms with van der Waals surface area (Å²) in [6.07, 6.45) is 3.28. The minimum atomic E-state index is -0.854. The number of benzene rings is 1. The van der Waals surface area contributed by atoms with E-state index >= 15 is 0 Å². The molecule has 0 fully saturated rings. The third kappa shape index (κ3) is 3.77. The first-order valence-corrected chi connectivity index (χ1v) is 10.4. The van der Waals surface area contributed by atoms with Gasteiger partial charge >= 0.3 is 0 Å². The number of carbonyl (C=O) groups excluding carboxylic acids is 2. The fourth-order valence-electron chi connectivity index (χ4n) is 3.65. The van der Waals surface area contributed by atoms with E-state index in [4.69, 9.17) is 9.47 Å². The molecule has 2 aromatic heterocycles. The highest BCUT2D eigenvalue weighted by molar-refractivity contribution is 7.12. The summed E-state index contributed by atoms with van der Waals surface area (Å²) < 4.78 is 10.9. The standard InChI is InChI=1S/C23H20N2O5S/c1-29-15-7-8-17(30-2)16(11-15)20-19(21(26)18-6-4-10-31-18)22(27)23(28)25(20)13-14-5-3-9-24-12-14/h3-12,20,27H,13H2,1-2H3. The molecule has 3 heterocycles. The van der Waals surface area contributed by atoms with E-state index < -0.39 is 23.5 Å². The maximum Gasteiger partial charge on any atom is 0.290 e. The van der Waals surface area contributed by atoms with Crippen LogP contribution in [0.25, 0.3) is 0 Å². The molecule has 3 aromatic rings. The second-order valence-electron chi connectivity index (χ2n) is 6.87. The first-order valence-electron chi connectivity index (χ1n) is 9.48. The van der Waals surface area contributed by atoms with Crippen molar-refractivity contribution in [2.75, 3.05) is 14.2 Å². The molecule has 0 radical (unpaired) electrons. The van der Waals surface area contributed by atoms with Crippen LogP contribution in [-0.2, 0) is 11.3 Å². The molecular formula is C23H20N2O5S.